The fraction of sp³-hybridized carbons (Fsp3) is 0.125. The number of carbonyl (C=O) groups excluding carboxylic acids is 1. The lowest BCUT2D eigenvalue weighted by Gasteiger charge is -2.16. The smallest absolute Gasteiger partial charge is 0.254 e. The zero-order valence-corrected chi connectivity index (χ0v) is 13.1. The normalized spacial score (nSPS) is 13.4. The Morgan fingerprint density at radius 1 is 1.32 bits per heavy atom. The van der Waals surface area contributed by atoms with Crippen molar-refractivity contribution in [1.82, 2.24) is 15.1 Å². The summed E-state index contributed by atoms with van der Waals surface area (Å²) in [5.41, 5.74) is 4.77. The van der Waals surface area contributed by atoms with Crippen LogP contribution >= 0.6 is 22.9 Å². The van der Waals surface area contributed by atoms with Crippen molar-refractivity contribution in [3.8, 4) is 11.3 Å². The molecule has 22 heavy (non-hydrogen) atoms. The number of amides is 1. The Kier molecular flexibility index (Phi) is 3.24. The van der Waals surface area contributed by atoms with Gasteiger partial charge in [0.25, 0.3) is 5.91 Å². The lowest BCUT2D eigenvalue weighted by atomic mass is 10.1. The summed E-state index contributed by atoms with van der Waals surface area (Å²) in [4.78, 5) is 14.4. The third-order valence-electron chi connectivity index (χ3n) is 3.80. The number of hydrogen-bond donors (Lipinski definition) is 1. The van der Waals surface area contributed by atoms with Crippen molar-refractivity contribution in [2.75, 3.05) is 0 Å². The fourth-order valence-corrected chi connectivity index (χ4v) is 3.56. The molecule has 0 radical (unpaired) electrons. The number of nitrogens with one attached hydrogen (secondary N) is 1. The summed E-state index contributed by atoms with van der Waals surface area (Å²) < 4.78 is 0. The Balaban J connectivity index is 1.61. The van der Waals surface area contributed by atoms with Crippen LogP contribution in [0, 0.1) is 0 Å². The summed E-state index contributed by atoms with van der Waals surface area (Å²) in [5, 5.41) is 12.1. The minimum absolute atomic E-state index is 0.0108. The monoisotopic (exact) mass is 329 g/mol. The Morgan fingerprint density at radius 2 is 2.23 bits per heavy atom. The van der Waals surface area contributed by atoms with E-state index in [1.165, 1.54) is 0 Å². The van der Waals surface area contributed by atoms with Crippen molar-refractivity contribution in [1.29, 1.82) is 0 Å². The average Bonchev–Trinajstić information content (AvgIpc) is 3.22. The molecule has 3 aromatic rings. The number of halogens is 1. The van der Waals surface area contributed by atoms with E-state index >= 15 is 0 Å². The van der Waals surface area contributed by atoms with Crippen LogP contribution in [0.1, 0.15) is 21.6 Å². The molecule has 0 fully saturated rings. The van der Waals surface area contributed by atoms with Gasteiger partial charge in [-0.25, -0.2) is 0 Å². The number of nitrogens with zero attached hydrogens (tertiary/aromatic N) is 2. The van der Waals surface area contributed by atoms with Crippen molar-refractivity contribution in [2.24, 2.45) is 0 Å². The molecule has 2 aromatic heterocycles. The van der Waals surface area contributed by atoms with E-state index in [0.717, 1.165) is 22.5 Å². The quantitative estimate of drug-likeness (QED) is 0.774. The summed E-state index contributed by atoms with van der Waals surface area (Å²) in [6, 6.07) is 9.10. The van der Waals surface area contributed by atoms with E-state index in [1.807, 2.05) is 16.3 Å². The zero-order valence-electron chi connectivity index (χ0n) is 11.5. The van der Waals surface area contributed by atoms with Gasteiger partial charge in [-0.15, -0.1) is 0 Å². The maximum Gasteiger partial charge on any atom is 0.254 e. The van der Waals surface area contributed by atoms with Crippen molar-refractivity contribution in [3.63, 3.8) is 0 Å². The van der Waals surface area contributed by atoms with Crippen LogP contribution in [0.5, 0.6) is 0 Å². The van der Waals surface area contributed by atoms with Gasteiger partial charge < -0.3 is 4.90 Å². The number of benzene rings is 1. The van der Waals surface area contributed by atoms with E-state index in [0.29, 0.717) is 23.7 Å². The van der Waals surface area contributed by atoms with Gasteiger partial charge in [0.05, 0.1) is 24.5 Å². The molecule has 4 nitrogen and oxygen atoms in total. The SMILES string of the molecule is O=C(c1cccc(Cl)c1)N1Cc2[nH]nc(-c3ccsc3)c2C1. The number of rotatable bonds is 2. The topological polar surface area (TPSA) is 49.0 Å². The van der Waals surface area contributed by atoms with Crippen LogP contribution in [0.15, 0.2) is 41.1 Å². The highest BCUT2D eigenvalue weighted by atomic mass is 35.5. The first-order valence-corrected chi connectivity index (χ1v) is 8.18. The molecule has 0 saturated carbocycles. The Morgan fingerprint density at radius 3 is 3.00 bits per heavy atom. The van der Waals surface area contributed by atoms with Gasteiger partial charge >= 0.3 is 0 Å². The third kappa shape index (κ3) is 2.23. The molecule has 0 aliphatic carbocycles. The van der Waals surface area contributed by atoms with Crippen molar-refractivity contribution in [2.45, 2.75) is 13.1 Å². The lowest BCUT2D eigenvalue weighted by Crippen LogP contribution is -2.25. The predicted molar refractivity (Wildman–Crippen MR) is 86.9 cm³/mol. The number of hydrogen-bond acceptors (Lipinski definition) is 3. The van der Waals surface area contributed by atoms with E-state index in [9.17, 15) is 4.79 Å². The zero-order chi connectivity index (χ0) is 15.1. The summed E-state index contributed by atoms with van der Waals surface area (Å²) >= 11 is 7.61. The Labute approximate surface area is 136 Å². The molecule has 0 saturated heterocycles. The van der Waals surface area contributed by atoms with Crippen LogP contribution in [0.4, 0.5) is 0 Å². The molecule has 6 heteroatoms. The second kappa shape index (κ2) is 5.26. The molecule has 1 aliphatic heterocycles. The number of aromatic amines is 1. The van der Waals surface area contributed by atoms with Crippen LogP contribution in [-0.2, 0) is 13.1 Å². The second-order valence-corrected chi connectivity index (χ2v) is 6.43. The molecule has 0 unspecified atom stereocenters. The number of aromatic nitrogens is 2. The van der Waals surface area contributed by atoms with Gasteiger partial charge in [0.15, 0.2) is 0 Å². The number of fused-ring (bicyclic) bond motifs is 1. The molecule has 110 valence electrons. The van der Waals surface area contributed by atoms with Crippen molar-refractivity contribution >= 4 is 28.8 Å². The van der Waals surface area contributed by atoms with E-state index in [1.54, 1.807) is 35.6 Å². The molecular formula is C16H12ClN3OS. The van der Waals surface area contributed by atoms with Gasteiger partial charge in [-0.1, -0.05) is 17.7 Å². The highest BCUT2D eigenvalue weighted by Gasteiger charge is 2.29. The van der Waals surface area contributed by atoms with Gasteiger partial charge in [0.2, 0.25) is 0 Å². The molecular weight excluding hydrogens is 318 g/mol. The molecule has 1 N–H and O–H groups in total. The van der Waals surface area contributed by atoms with Crippen molar-refractivity contribution in [3.05, 3.63) is 62.9 Å². The molecule has 0 atom stereocenters. The first-order valence-electron chi connectivity index (χ1n) is 6.86. The highest BCUT2D eigenvalue weighted by Crippen LogP contribution is 2.32. The summed E-state index contributed by atoms with van der Waals surface area (Å²) in [6.45, 7) is 1.13. The van der Waals surface area contributed by atoms with E-state index in [4.69, 9.17) is 11.6 Å². The van der Waals surface area contributed by atoms with Gasteiger partial charge in [0, 0.05) is 27.1 Å². The van der Waals surface area contributed by atoms with Crippen LogP contribution in [-0.4, -0.2) is 21.0 Å². The summed E-state index contributed by atoms with van der Waals surface area (Å²) in [5.74, 6) is -0.0108. The first-order chi connectivity index (χ1) is 10.7. The predicted octanol–water partition coefficient (Wildman–Crippen LogP) is 3.95. The van der Waals surface area contributed by atoms with Crippen LogP contribution in [0.2, 0.25) is 5.02 Å². The number of H-pyrrole nitrogens is 1. The van der Waals surface area contributed by atoms with Gasteiger partial charge in [-0.2, -0.15) is 16.4 Å². The standard InChI is InChI=1S/C16H12ClN3OS/c17-12-3-1-2-10(6-12)16(21)20-7-13-14(8-20)18-19-15(13)11-4-5-22-9-11/h1-6,9H,7-8H2,(H,18,19). The first kappa shape index (κ1) is 13.5. The van der Waals surface area contributed by atoms with Crippen LogP contribution in [0.3, 0.4) is 0 Å². The average molecular weight is 330 g/mol. The third-order valence-corrected chi connectivity index (χ3v) is 4.72. The largest absolute Gasteiger partial charge is 0.328 e. The van der Waals surface area contributed by atoms with Crippen molar-refractivity contribution < 1.29 is 4.79 Å². The van der Waals surface area contributed by atoms with E-state index in [-0.39, 0.29) is 5.91 Å². The van der Waals surface area contributed by atoms with Crippen LogP contribution < -0.4 is 0 Å². The van der Waals surface area contributed by atoms with Gasteiger partial charge in [-0.05, 0) is 29.6 Å². The second-order valence-electron chi connectivity index (χ2n) is 5.21. The highest BCUT2D eigenvalue weighted by molar-refractivity contribution is 7.08. The molecule has 4 rings (SSSR count). The molecule has 3 heterocycles. The van der Waals surface area contributed by atoms with E-state index in [2.05, 4.69) is 15.6 Å². The number of thiophene rings is 1. The molecule has 0 bridgehead atoms. The molecule has 0 spiro atoms. The Hall–Kier alpha value is -2.11. The minimum Gasteiger partial charge on any atom is -0.328 e. The minimum atomic E-state index is -0.0108. The van der Waals surface area contributed by atoms with Gasteiger partial charge in [0.1, 0.15) is 0 Å². The molecule has 1 aromatic carbocycles. The van der Waals surface area contributed by atoms with E-state index < -0.39 is 0 Å². The number of carbonyl (C=O) groups is 1. The molecule has 1 aliphatic rings. The maximum absolute atomic E-state index is 12.6. The lowest BCUT2D eigenvalue weighted by molar-refractivity contribution is 0.0749. The summed E-state index contributed by atoms with van der Waals surface area (Å²) in [6.07, 6.45) is 0. The van der Waals surface area contributed by atoms with Gasteiger partial charge in [-0.3, -0.25) is 9.89 Å². The van der Waals surface area contributed by atoms with Crippen LogP contribution in [0.25, 0.3) is 11.3 Å². The summed E-state index contributed by atoms with van der Waals surface area (Å²) in [7, 11) is 0. The Bertz CT molecular complexity index is 841. The maximum atomic E-state index is 12.6. The fourth-order valence-electron chi connectivity index (χ4n) is 2.73. The molecule has 1 amide bonds.